The van der Waals surface area contributed by atoms with Crippen LogP contribution in [0.1, 0.15) is 5.76 Å². The van der Waals surface area contributed by atoms with Crippen molar-refractivity contribution in [1.82, 2.24) is 4.98 Å². The van der Waals surface area contributed by atoms with Gasteiger partial charge in [0.2, 0.25) is 0 Å². The summed E-state index contributed by atoms with van der Waals surface area (Å²) >= 11 is 0. The van der Waals surface area contributed by atoms with E-state index in [4.69, 9.17) is 9.15 Å². The lowest BCUT2D eigenvalue weighted by Gasteiger charge is -2.03. The van der Waals surface area contributed by atoms with Crippen LogP contribution in [0.4, 0.5) is 17.2 Å². The molecule has 3 aromatic rings. The molecule has 0 radical (unpaired) electrons. The number of rotatable bonds is 7. The third kappa shape index (κ3) is 4.09. The summed E-state index contributed by atoms with van der Waals surface area (Å²) in [6.45, 7) is 0. The van der Waals surface area contributed by atoms with E-state index in [9.17, 15) is 20.2 Å². The third-order valence-electron chi connectivity index (χ3n) is 3.62. The first-order valence-electron chi connectivity index (χ1n) is 7.80. The van der Waals surface area contributed by atoms with Gasteiger partial charge in [0.1, 0.15) is 29.3 Å². The summed E-state index contributed by atoms with van der Waals surface area (Å²) in [5.41, 5.74) is 2.62. The monoisotopic (exact) mass is 383 g/mol. The number of methoxy groups -OCH3 is 1. The number of hydrogen-bond acceptors (Lipinski definition) is 9. The molecule has 0 fully saturated rings. The van der Waals surface area contributed by atoms with Gasteiger partial charge in [-0.05, 0) is 30.3 Å². The largest absolute Gasteiger partial charge is 0.497 e. The predicted octanol–water partition coefficient (Wildman–Crippen LogP) is 3.61. The van der Waals surface area contributed by atoms with Crippen LogP contribution in [0.25, 0.3) is 11.3 Å². The normalized spacial score (nSPS) is 10.8. The van der Waals surface area contributed by atoms with Crippen LogP contribution in [0.15, 0.2) is 58.2 Å². The number of ether oxygens (including phenoxy) is 1. The average molecular weight is 383 g/mol. The second-order valence-electron chi connectivity index (χ2n) is 5.37. The van der Waals surface area contributed by atoms with E-state index in [1.165, 1.54) is 37.6 Å². The summed E-state index contributed by atoms with van der Waals surface area (Å²) in [7, 11) is 1.42. The number of nitrogens with zero attached hydrogens (tertiary/aromatic N) is 4. The van der Waals surface area contributed by atoms with Gasteiger partial charge in [-0.15, -0.1) is 0 Å². The van der Waals surface area contributed by atoms with Crippen LogP contribution in [0, 0.1) is 20.2 Å². The Morgan fingerprint density at radius 2 is 1.96 bits per heavy atom. The summed E-state index contributed by atoms with van der Waals surface area (Å²) in [6.07, 6.45) is 2.45. The summed E-state index contributed by atoms with van der Waals surface area (Å²) < 4.78 is 10.6. The number of benzene rings is 1. The summed E-state index contributed by atoms with van der Waals surface area (Å²) in [5, 5.41) is 25.8. The van der Waals surface area contributed by atoms with Gasteiger partial charge in [0.05, 0.1) is 34.8 Å². The van der Waals surface area contributed by atoms with Crippen LogP contribution in [0.5, 0.6) is 5.75 Å². The van der Waals surface area contributed by atoms with Crippen molar-refractivity contribution in [2.24, 2.45) is 5.10 Å². The maximum absolute atomic E-state index is 11.3. The fourth-order valence-corrected chi connectivity index (χ4v) is 2.29. The van der Waals surface area contributed by atoms with Crippen molar-refractivity contribution < 1.29 is 19.0 Å². The predicted molar refractivity (Wildman–Crippen MR) is 99.5 cm³/mol. The second-order valence-corrected chi connectivity index (χ2v) is 5.37. The summed E-state index contributed by atoms with van der Waals surface area (Å²) in [6, 6.07) is 10.3. The minimum Gasteiger partial charge on any atom is -0.497 e. The molecule has 0 saturated heterocycles. The van der Waals surface area contributed by atoms with Gasteiger partial charge in [0, 0.05) is 6.07 Å². The zero-order valence-electron chi connectivity index (χ0n) is 14.4. The molecule has 0 aliphatic rings. The molecular formula is C17H13N5O6. The number of pyridine rings is 1. The molecule has 1 aromatic carbocycles. The first kappa shape index (κ1) is 18.5. The highest BCUT2D eigenvalue weighted by Crippen LogP contribution is 2.33. The average Bonchev–Trinajstić information content (AvgIpc) is 3.16. The number of nitro groups is 2. The number of anilines is 1. The van der Waals surface area contributed by atoms with Gasteiger partial charge in [-0.3, -0.25) is 25.7 Å². The second kappa shape index (κ2) is 7.95. The molecule has 2 aromatic heterocycles. The fourth-order valence-electron chi connectivity index (χ4n) is 2.29. The van der Waals surface area contributed by atoms with Gasteiger partial charge in [-0.1, -0.05) is 0 Å². The maximum atomic E-state index is 11.3. The van der Waals surface area contributed by atoms with Gasteiger partial charge in [-0.2, -0.15) is 5.10 Å². The third-order valence-corrected chi connectivity index (χ3v) is 3.62. The topological polar surface area (TPSA) is 146 Å². The van der Waals surface area contributed by atoms with Gasteiger partial charge in [-0.25, -0.2) is 4.98 Å². The number of nitro benzene ring substituents is 1. The molecule has 1 N–H and O–H groups in total. The molecule has 142 valence electrons. The molecular weight excluding hydrogens is 370 g/mol. The van der Waals surface area contributed by atoms with Gasteiger partial charge >= 0.3 is 0 Å². The van der Waals surface area contributed by atoms with Crippen molar-refractivity contribution in [3.8, 4) is 17.1 Å². The quantitative estimate of drug-likeness (QED) is 0.370. The van der Waals surface area contributed by atoms with Crippen LogP contribution >= 0.6 is 0 Å². The molecule has 0 amide bonds. The number of aromatic nitrogens is 1. The Morgan fingerprint density at radius 1 is 1.14 bits per heavy atom. The molecule has 11 heteroatoms. The van der Waals surface area contributed by atoms with Crippen molar-refractivity contribution in [2.45, 2.75) is 0 Å². The van der Waals surface area contributed by atoms with Crippen molar-refractivity contribution in [3.05, 3.63) is 74.7 Å². The molecule has 0 spiro atoms. The lowest BCUT2D eigenvalue weighted by molar-refractivity contribution is -0.385. The minimum absolute atomic E-state index is 0.133. The standard InChI is InChI=1S/C17H13N5O6/c1-27-12-3-5-14(15(8-12)22(25)26)16-6-4-13(28-16)10-19-20-17-7-2-11(9-18-17)21(23)24/h2-10H,1H3,(H,18,20). The first-order valence-corrected chi connectivity index (χ1v) is 7.80. The van der Waals surface area contributed by atoms with E-state index in [0.717, 1.165) is 6.20 Å². The SMILES string of the molecule is COc1ccc(-c2ccc(C=NNc3ccc([N+](=O)[O-])cn3)o2)c([N+](=O)[O-])c1. The number of hydrazone groups is 1. The van der Waals surface area contributed by atoms with E-state index in [0.29, 0.717) is 28.7 Å². The molecule has 0 aliphatic carbocycles. The van der Waals surface area contributed by atoms with Crippen molar-refractivity contribution in [2.75, 3.05) is 12.5 Å². The van der Waals surface area contributed by atoms with Crippen molar-refractivity contribution >= 4 is 23.4 Å². The van der Waals surface area contributed by atoms with E-state index in [1.807, 2.05) is 0 Å². The van der Waals surface area contributed by atoms with E-state index in [2.05, 4.69) is 15.5 Å². The smallest absolute Gasteiger partial charge is 0.287 e. The first-order chi connectivity index (χ1) is 13.5. The number of furan rings is 1. The Bertz CT molecular complexity index is 1040. The molecule has 0 atom stereocenters. The molecule has 0 saturated carbocycles. The highest BCUT2D eigenvalue weighted by atomic mass is 16.6. The van der Waals surface area contributed by atoms with Crippen molar-refractivity contribution in [3.63, 3.8) is 0 Å². The van der Waals surface area contributed by atoms with Crippen LogP contribution in [0.3, 0.4) is 0 Å². The Labute approximate surface area is 157 Å². The highest BCUT2D eigenvalue weighted by molar-refractivity contribution is 5.79. The Balaban J connectivity index is 1.74. The van der Waals surface area contributed by atoms with Gasteiger partial charge in [0.15, 0.2) is 0 Å². The molecule has 0 aliphatic heterocycles. The van der Waals surface area contributed by atoms with Crippen LogP contribution in [-0.2, 0) is 0 Å². The summed E-state index contributed by atoms with van der Waals surface area (Å²) in [4.78, 5) is 24.7. The highest BCUT2D eigenvalue weighted by Gasteiger charge is 2.19. The van der Waals surface area contributed by atoms with Gasteiger partial charge in [0.25, 0.3) is 11.4 Å². The van der Waals surface area contributed by atoms with Crippen LogP contribution in [0.2, 0.25) is 0 Å². The molecule has 0 unspecified atom stereocenters. The van der Waals surface area contributed by atoms with Crippen LogP contribution in [-0.4, -0.2) is 28.2 Å². The Morgan fingerprint density at radius 3 is 2.61 bits per heavy atom. The Hall–Kier alpha value is -4.28. The lowest BCUT2D eigenvalue weighted by atomic mass is 10.1. The van der Waals surface area contributed by atoms with Crippen molar-refractivity contribution in [1.29, 1.82) is 0 Å². The fraction of sp³-hybridized carbons (Fsp3) is 0.0588. The maximum Gasteiger partial charge on any atom is 0.287 e. The zero-order chi connectivity index (χ0) is 20.1. The molecule has 28 heavy (non-hydrogen) atoms. The van der Waals surface area contributed by atoms with E-state index in [1.54, 1.807) is 18.2 Å². The number of nitrogens with one attached hydrogen (secondary N) is 1. The van der Waals surface area contributed by atoms with E-state index >= 15 is 0 Å². The zero-order valence-corrected chi connectivity index (χ0v) is 14.4. The molecule has 11 nitrogen and oxygen atoms in total. The minimum atomic E-state index is -0.553. The Kier molecular flexibility index (Phi) is 5.25. The van der Waals surface area contributed by atoms with E-state index in [-0.39, 0.29) is 11.4 Å². The molecule has 2 heterocycles. The summed E-state index contributed by atoms with van der Waals surface area (Å²) in [5.74, 6) is 1.31. The van der Waals surface area contributed by atoms with Crippen LogP contribution < -0.4 is 10.2 Å². The van der Waals surface area contributed by atoms with Gasteiger partial charge < -0.3 is 9.15 Å². The molecule has 3 rings (SSSR count). The van der Waals surface area contributed by atoms with E-state index < -0.39 is 9.85 Å². The molecule has 0 bridgehead atoms. The lowest BCUT2D eigenvalue weighted by Crippen LogP contribution is -1.94. The number of hydrogen-bond donors (Lipinski definition) is 1.